The van der Waals surface area contributed by atoms with E-state index in [1.54, 1.807) is 10.9 Å². The molecule has 4 heteroatoms. The van der Waals surface area contributed by atoms with Crippen molar-refractivity contribution in [3.63, 3.8) is 0 Å². The SMILES string of the molecule is Cc1cccc(-n2ncc(CCN)c2Cl)c1. The molecule has 0 unspecified atom stereocenters. The topological polar surface area (TPSA) is 43.8 Å². The van der Waals surface area contributed by atoms with Crippen molar-refractivity contribution in [1.29, 1.82) is 0 Å². The molecule has 0 saturated carbocycles. The number of hydrogen-bond donors (Lipinski definition) is 1. The number of aromatic nitrogens is 2. The Hall–Kier alpha value is -1.32. The van der Waals surface area contributed by atoms with Gasteiger partial charge in [-0.1, -0.05) is 23.7 Å². The molecule has 0 radical (unpaired) electrons. The standard InChI is InChI=1S/C12H14ClN3/c1-9-3-2-4-11(7-9)16-12(13)10(5-6-14)8-15-16/h2-4,7-8H,5-6,14H2,1H3. The molecule has 84 valence electrons. The second-order valence-electron chi connectivity index (χ2n) is 3.75. The highest BCUT2D eigenvalue weighted by atomic mass is 35.5. The highest BCUT2D eigenvalue weighted by molar-refractivity contribution is 6.30. The van der Waals surface area contributed by atoms with Crippen LogP contribution in [0, 0.1) is 6.92 Å². The number of benzene rings is 1. The van der Waals surface area contributed by atoms with Crippen molar-refractivity contribution < 1.29 is 0 Å². The Morgan fingerprint density at radius 2 is 2.25 bits per heavy atom. The van der Waals surface area contributed by atoms with Crippen LogP contribution in [-0.4, -0.2) is 16.3 Å². The smallest absolute Gasteiger partial charge is 0.136 e. The van der Waals surface area contributed by atoms with Crippen molar-refractivity contribution >= 4 is 11.6 Å². The minimum Gasteiger partial charge on any atom is -0.330 e. The van der Waals surface area contributed by atoms with E-state index in [-0.39, 0.29) is 0 Å². The Balaban J connectivity index is 2.41. The van der Waals surface area contributed by atoms with E-state index in [1.807, 2.05) is 31.2 Å². The van der Waals surface area contributed by atoms with Crippen LogP contribution >= 0.6 is 11.6 Å². The fourth-order valence-electron chi connectivity index (χ4n) is 1.63. The molecule has 0 fully saturated rings. The maximum Gasteiger partial charge on any atom is 0.136 e. The molecule has 1 aromatic carbocycles. The number of halogens is 1. The third kappa shape index (κ3) is 2.10. The fraction of sp³-hybridized carbons (Fsp3) is 0.250. The van der Waals surface area contributed by atoms with E-state index in [4.69, 9.17) is 17.3 Å². The Labute approximate surface area is 99.8 Å². The van der Waals surface area contributed by atoms with Crippen LogP contribution in [0.5, 0.6) is 0 Å². The van der Waals surface area contributed by atoms with Crippen LogP contribution < -0.4 is 5.73 Å². The van der Waals surface area contributed by atoms with Crippen molar-refractivity contribution in [3.05, 3.63) is 46.7 Å². The monoisotopic (exact) mass is 235 g/mol. The first-order chi connectivity index (χ1) is 7.72. The molecule has 1 aromatic heterocycles. The summed E-state index contributed by atoms with van der Waals surface area (Å²) in [4.78, 5) is 0. The average molecular weight is 236 g/mol. The van der Waals surface area contributed by atoms with Gasteiger partial charge in [-0.05, 0) is 37.6 Å². The molecule has 16 heavy (non-hydrogen) atoms. The van der Waals surface area contributed by atoms with Crippen LogP contribution in [0.2, 0.25) is 5.15 Å². The molecule has 0 aliphatic carbocycles. The first kappa shape index (κ1) is 11.2. The highest BCUT2D eigenvalue weighted by Gasteiger charge is 2.08. The molecule has 0 aliphatic rings. The highest BCUT2D eigenvalue weighted by Crippen LogP contribution is 2.20. The van der Waals surface area contributed by atoms with Gasteiger partial charge in [-0.25, -0.2) is 4.68 Å². The lowest BCUT2D eigenvalue weighted by Crippen LogP contribution is -2.03. The maximum atomic E-state index is 6.23. The van der Waals surface area contributed by atoms with Crippen molar-refractivity contribution in [1.82, 2.24) is 9.78 Å². The lowest BCUT2D eigenvalue weighted by Gasteiger charge is -2.04. The third-order valence-corrected chi connectivity index (χ3v) is 2.84. The first-order valence-electron chi connectivity index (χ1n) is 5.22. The van der Waals surface area contributed by atoms with Gasteiger partial charge in [0.1, 0.15) is 5.15 Å². The summed E-state index contributed by atoms with van der Waals surface area (Å²) in [6.45, 7) is 2.63. The summed E-state index contributed by atoms with van der Waals surface area (Å²) in [7, 11) is 0. The van der Waals surface area contributed by atoms with Gasteiger partial charge < -0.3 is 5.73 Å². The second-order valence-corrected chi connectivity index (χ2v) is 4.11. The second kappa shape index (κ2) is 4.68. The van der Waals surface area contributed by atoms with E-state index >= 15 is 0 Å². The van der Waals surface area contributed by atoms with E-state index in [1.165, 1.54) is 5.56 Å². The summed E-state index contributed by atoms with van der Waals surface area (Å²) in [6.07, 6.45) is 2.53. The number of nitrogens with zero attached hydrogens (tertiary/aromatic N) is 2. The molecule has 0 atom stereocenters. The summed E-state index contributed by atoms with van der Waals surface area (Å²) in [5, 5.41) is 4.92. The summed E-state index contributed by atoms with van der Waals surface area (Å²) < 4.78 is 1.74. The molecule has 0 spiro atoms. The lowest BCUT2D eigenvalue weighted by molar-refractivity contribution is 0.878. The lowest BCUT2D eigenvalue weighted by atomic mass is 10.2. The largest absolute Gasteiger partial charge is 0.330 e. The van der Waals surface area contributed by atoms with Crippen LogP contribution in [0.15, 0.2) is 30.5 Å². The van der Waals surface area contributed by atoms with Crippen molar-refractivity contribution in [2.24, 2.45) is 5.73 Å². The molecule has 2 rings (SSSR count). The quantitative estimate of drug-likeness (QED) is 0.888. The summed E-state index contributed by atoms with van der Waals surface area (Å²) >= 11 is 6.23. The molecule has 0 amide bonds. The number of rotatable bonds is 3. The molecule has 1 heterocycles. The van der Waals surface area contributed by atoms with E-state index in [0.717, 1.165) is 17.7 Å². The van der Waals surface area contributed by atoms with Gasteiger partial charge in [0.25, 0.3) is 0 Å². The zero-order chi connectivity index (χ0) is 11.5. The van der Waals surface area contributed by atoms with Gasteiger partial charge in [0.15, 0.2) is 0 Å². The molecule has 0 saturated heterocycles. The molecule has 0 aliphatic heterocycles. The fourth-order valence-corrected chi connectivity index (χ4v) is 1.91. The number of aryl methyl sites for hydroxylation is 1. The summed E-state index contributed by atoms with van der Waals surface area (Å²) in [5.74, 6) is 0. The molecule has 0 bridgehead atoms. The average Bonchev–Trinajstić information content (AvgIpc) is 2.61. The van der Waals surface area contributed by atoms with Crippen LogP contribution in [0.4, 0.5) is 0 Å². The minimum absolute atomic E-state index is 0.583. The maximum absolute atomic E-state index is 6.23. The Bertz CT molecular complexity index is 491. The van der Waals surface area contributed by atoms with Gasteiger partial charge in [-0.3, -0.25) is 0 Å². The van der Waals surface area contributed by atoms with Crippen molar-refractivity contribution in [2.75, 3.05) is 6.54 Å². The van der Waals surface area contributed by atoms with Crippen LogP contribution in [0.25, 0.3) is 5.69 Å². The van der Waals surface area contributed by atoms with Gasteiger partial charge >= 0.3 is 0 Å². The first-order valence-corrected chi connectivity index (χ1v) is 5.59. The van der Waals surface area contributed by atoms with Gasteiger partial charge in [0.2, 0.25) is 0 Å². The van der Waals surface area contributed by atoms with Crippen LogP contribution in [-0.2, 0) is 6.42 Å². The third-order valence-electron chi connectivity index (χ3n) is 2.44. The summed E-state index contributed by atoms with van der Waals surface area (Å²) in [6, 6.07) is 8.07. The molecule has 3 nitrogen and oxygen atoms in total. The minimum atomic E-state index is 0.583. The zero-order valence-corrected chi connectivity index (χ0v) is 9.91. The van der Waals surface area contributed by atoms with Gasteiger partial charge in [-0.2, -0.15) is 5.10 Å². The molecular weight excluding hydrogens is 222 g/mol. The van der Waals surface area contributed by atoms with E-state index < -0.39 is 0 Å². The van der Waals surface area contributed by atoms with Gasteiger partial charge in [0, 0.05) is 5.56 Å². The molecular formula is C12H14ClN3. The Morgan fingerprint density at radius 3 is 2.94 bits per heavy atom. The number of hydrogen-bond acceptors (Lipinski definition) is 2. The normalized spacial score (nSPS) is 10.7. The molecule has 2 aromatic rings. The van der Waals surface area contributed by atoms with Gasteiger partial charge in [-0.15, -0.1) is 0 Å². The summed E-state index contributed by atoms with van der Waals surface area (Å²) in [5.41, 5.74) is 8.66. The predicted molar refractivity (Wildman–Crippen MR) is 66.1 cm³/mol. The number of nitrogens with two attached hydrogens (primary N) is 1. The Kier molecular flexibility index (Phi) is 3.27. The van der Waals surface area contributed by atoms with E-state index in [0.29, 0.717) is 11.7 Å². The van der Waals surface area contributed by atoms with Crippen molar-refractivity contribution in [3.8, 4) is 5.69 Å². The Morgan fingerprint density at radius 1 is 1.44 bits per heavy atom. The van der Waals surface area contributed by atoms with Gasteiger partial charge in [0.05, 0.1) is 11.9 Å². The van der Waals surface area contributed by atoms with Crippen LogP contribution in [0.1, 0.15) is 11.1 Å². The van der Waals surface area contributed by atoms with E-state index in [9.17, 15) is 0 Å². The molecule has 2 N–H and O–H groups in total. The predicted octanol–water partition coefficient (Wildman–Crippen LogP) is 2.34. The van der Waals surface area contributed by atoms with Crippen LogP contribution in [0.3, 0.4) is 0 Å². The van der Waals surface area contributed by atoms with Crippen molar-refractivity contribution in [2.45, 2.75) is 13.3 Å². The zero-order valence-electron chi connectivity index (χ0n) is 9.15. The van der Waals surface area contributed by atoms with E-state index in [2.05, 4.69) is 5.10 Å².